The lowest BCUT2D eigenvalue weighted by molar-refractivity contribution is -0.207. The van der Waals surface area contributed by atoms with Crippen LogP contribution in [0.3, 0.4) is 0 Å². The largest absolute Gasteiger partial charge is 0.464 e. The molecule has 0 aromatic heterocycles. The Hall–Kier alpha value is -2.69. The number of hydrogen-bond donors (Lipinski definition) is 0. The highest BCUT2D eigenvalue weighted by Crippen LogP contribution is 2.29. The van der Waals surface area contributed by atoms with Crippen LogP contribution in [-0.4, -0.2) is 96.2 Å². The van der Waals surface area contributed by atoms with Gasteiger partial charge in [-0.2, -0.15) is 0 Å². The van der Waals surface area contributed by atoms with Crippen LogP contribution in [0.2, 0.25) is 0 Å². The van der Waals surface area contributed by atoms with Gasteiger partial charge in [-0.15, -0.1) is 0 Å². The predicted octanol–water partition coefficient (Wildman–Crippen LogP) is 3.80. The van der Waals surface area contributed by atoms with Crippen molar-refractivity contribution in [2.75, 3.05) is 26.2 Å². The second-order valence-corrected chi connectivity index (χ2v) is 12.6. The molecule has 1 aliphatic carbocycles. The summed E-state index contributed by atoms with van der Waals surface area (Å²) in [5.74, 6) is -2.03. The molecule has 42 heavy (non-hydrogen) atoms. The zero-order valence-corrected chi connectivity index (χ0v) is 26.6. The Morgan fingerprint density at radius 1 is 0.738 bits per heavy atom. The molecular formula is C31H52N2O9. The quantitative estimate of drug-likeness (QED) is 0.176. The number of ether oxygens (including phenoxy) is 4. The van der Waals surface area contributed by atoms with Crippen molar-refractivity contribution in [3.63, 3.8) is 0 Å². The molecule has 4 unspecified atom stereocenters. The molecular weight excluding hydrogens is 544 g/mol. The van der Waals surface area contributed by atoms with Crippen LogP contribution in [0.1, 0.15) is 106 Å². The van der Waals surface area contributed by atoms with E-state index in [1.165, 1.54) is 47.0 Å². The number of carbonyl (C=O) groups is 5. The normalized spacial score (nSPS) is 23.5. The van der Waals surface area contributed by atoms with Crippen LogP contribution < -0.4 is 0 Å². The van der Waals surface area contributed by atoms with E-state index in [-0.39, 0.29) is 19.1 Å². The molecule has 1 amide bonds. The molecule has 11 heteroatoms. The topological polar surface area (TPSA) is 129 Å². The number of unbranched alkanes of at least 4 members (excludes halogenated alkanes) is 3. The lowest BCUT2D eigenvalue weighted by Crippen LogP contribution is -2.65. The van der Waals surface area contributed by atoms with Crippen molar-refractivity contribution in [2.45, 2.75) is 137 Å². The highest BCUT2D eigenvalue weighted by Gasteiger charge is 2.49. The van der Waals surface area contributed by atoms with Crippen molar-refractivity contribution in [3.05, 3.63) is 0 Å². The number of hydrogen-bond acceptors (Lipinski definition) is 10. The number of carbonyl (C=O) groups excluding carboxylic acids is 5. The van der Waals surface area contributed by atoms with Gasteiger partial charge in [-0.05, 0) is 32.2 Å². The third-order valence-electron chi connectivity index (χ3n) is 7.84. The van der Waals surface area contributed by atoms with Gasteiger partial charge < -0.3 is 23.8 Å². The number of nitrogens with zero attached hydrogens (tertiary/aromatic N) is 2. The van der Waals surface area contributed by atoms with Crippen molar-refractivity contribution in [3.8, 4) is 0 Å². The minimum atomic E-state index is -1.04. The summed E-state index contributed by atoms with van der Waals surface area (Å²) in [6, 6.07) is -0.275. The Morgan fingerprint density at radius 2 is 1.31 bits per heavy atom. The monoisotopic (exact) mass is 596 g/mol. The van der Waals surface area contributed by atoms with E-state index < -0.39 is 53.6 Å². The Kier molecular flexibility index (Phi) is 14.2. The van der Waals surface area contributed by atoms with Crippen LogP contribution >= 0.6 is 0 Å². The average Bonchev–Trinajstić information content (AvgIpc) is 2.88. The van der Waals surface area contributed by atoms with E-state index in [1.807, 2.05) is 25.7 Å². The molecule has 2 aliphatic rings. The van der Waals surface area contributed by atoms with Gasteiger partial charge in [0.2, 0.25) is 5.91 Å². The zero-order valence-electron chi connectivity index (χ0n) is 26.6. The number of likely N-dealkylation sites (tertiary alicyclic amines) is 1. The molecule has 0 aromatic rings. The number of amides is 1. The summed E-state index contributed by atoms with van der Waals surface area (Å²) in [6.07, 6.45) is 6.31. The smallest absolute Gasteiger partial charge is 0.303 e. The second-order valence-electron chi connectivity index (χ2n) is 12.6. The van der Waals surface area contributed by atoms with Crippen LogP contribution in [0.4, 0.5) is 0 Å². The summed E-state index contributed by atoms with van der Waals surface area (Å²) in [6.45, 7) is 12.4. The van der Waals surface area contributed by atoms with E-state index in [1.54, 1.807) is 0 Å². The van der Waals surface area contributed by atoms with Gasteiger partial charge in [-0.25, -0.2) is 0 Å². The Morgan fingerprint density at radius 3 is 1.86 bits per heavy atom. The van der Waals surface area contributed by atoms with Crippen molar-refractivity contribution < 1.29 is 42.9 Å². The predicted molar refractivity (Wildman–Crippen MR) is 155 cm³/mol. The van der Waals surface area contributed by atoms with E-state index >= 15 is 0 Å². The summed E-state index contributed by atoms with van der Waals surface area (Å²) >= 11 is 0. The Balaban J connectivity index is 2.08. The Labute approximate surface area is 250 Å². The lowest BCUT2D eigenvalue weighted by Gasteiger charge is -2.46. The maximum atomic E-state index is 13.2. The van der Waals surface area contributed by atoms with Gasteiger partial charge in [0.15, 0.2) is 18.3 Å². The van der Waals surface area contributed by atoms with Crippen LogP contribution in [0.15, 0.2) is 0 Å². The second kappa shape index (κ2) is 16.8. The summed E-state index contributed by atoms with van der Waals surface area (Å²) in [4.78, 5) is 64.9. The lowest BCUT2D eigenvalue weighted by atomic mass is 9.89. The number of rotatable bonds is 13. The first-order valence-electron chi connectivity index (χ1n) is 15.4. The van der Waals surface area contributed by atoms with E-state index in [4.69, 9.17) is 18.9 Å². The first kappa shape index (κ1) is 35.5. The third-order valence-corrected chi connectivity index (χ3v) is 7.84. The zero-order chi connectivity index (χ0) is 31.4. The van der Waals surface area contributed by atoms with Crippen LogP contribution in [-0.2, 0) is 42.9 Å². The van der Waals surface area contributed by atoms with Crippen LogP contribution in [0.25, 0.3) is 0 Å². The van der Waals surface area contributed by atoms with E-state index in [0.717, 1.165) is 45.1 Å². The molecule has 0 N–H and O–H groups in total. The minimum absolute atomic E-state index is 0.0803. The molecule has 1 saturated heterocycles. The van der Waals surface area contributed by atoms with Gasteiger partial charge in [-0.1, -0.05) is 52.9 Å². The highest BCUT2D eigenvalue weighted by atomic mass is 16.6. The molecule has 1 heterocycles. The van der Waals surface area contributed by atoms with Gasteiger partial charge in [0.1, 0.15) is 6.61 Å². The highest BCUT2D eigenvalue weighted by molar-refractivity contribution is 5.81. The van der Waals surface area contributed by atoms with Gasteiger partial charge in [-0.3, -0.25) is 28.9 Å². The van der Waals surface area contributed by atoms with Crippen LogP contribution in [0.5, 0.6) is 0 Å². The van der Waals surface area contributed by atoms with Gasteiger partial charge in [0.05, 0.1) is 6.04 Å². The molecule has 0 aromatic carbocycles. The van der Waals surface area contributed by atoms with Gasteiger partial charge in [0, 0.05) is 52.2 Å². The summed E-state index contributed by atoms with van der Waals surface area (Å²) in [7, 11) is 0. The summed E-state index contributed by atoms with van der Waals surface area (Å²) in [5.41, 5.74) is -0.413. The van der Waals surface area contributed by atoms with Crippen molar-refractivity contribution in [1.82, 2.24) is 9.80 Å². The standard InChI is InChI=1S/C31H52N2O9/c1-21(34)39-20-26-28(41-23(3)36)29(42-24(4)37)27(40-22(2)35)19-32(26)17-13-8-9-14-18-33(30(38)31(5,6)7)25-15-11-10-12-16-25/h25-29H,8-20H2,1-7H3. The van der Waals surface area contributed by atoms with E-state index in [0.29, 0.717) is 12.6 Å². The van der Waals surface area contributed by atoms with Crippen molar-refractivity contribution in [2.24, 2.45) is 5.41 Å². The SMILES string of the molecule is CC(=O)OCC1C(OC(C)=O)C(OC(C)=O)C(OC(C)=O)CN1CCCCCCN(C(=O)C(C)(C)C)C1CCCCC1. The molecule has 2 fully saturated rings. The molecule has 0 radical (unpaired) electrons. The summed E-state index contributed by atoms with van der Waals surface area (Å²) in [5, 5.41) is 0. The van der Waals surface area contributed by atoms with E-state index in [9.17, 15) is 24.0 Å². The fourth-order valence-electron chi connectivity index (χ4n) is 5.98. The van der Waals surface area contributed by atoms with Gasteiger partial charge in [0.25, 0.3) is 0 Å². The fourth-order valence-corrected chi connectivity index (χ4v) is 5.98. The third kappa shape index (κ3) is 11.5. The first-order valence-corrected chi connectivity index (χ1v) is 15.4. The van der Waals surface area contributed by atoms with Crippen molar-refractivity contribution in [1.29, 1.82) is 0 Å². The van der Waals surface area contributed by atoms with Gasteiger partial charge >= 0.3 is 23.9 Å². The fraction of sp³-hybridized carbons (Fsp3) is 0.839. The minimum Gasteiger partial charge on any atom is -0.464 e. The maximum Gasteiger partial charge on any atom is 0.303 e. The number of piperidine rings is 1. The van der Waals surface area contributed by atoms with Crippen molar-refractivity contribution >= 4 is 29.8 Å². The molecule has 2 rings (SSSR count). The first-order chi connectivity index (χ1) is 19.7. The number of esters is 4. The molecule has 0 spiro atoms. The molecule has 1 aliphatic heterocycles. The van der Waals surface area contributed by atoms with Crippen LogP contribution in [0, 0.1) is 5.41 Å². The molecule has 0 bridgehead atoms. The molecule has 1 saturated carbocycles. The van der Waals surface area contributed by atoms with E-state index in [2.05, 4.69) is 4.90 Å². The summed E-state index contributed by atoms with van der Waals surface area (Å²) < 4.78 is 21.9. The molecule has 11 nitrogen and oxygen atoms in total. The average molecular weight is 597 g/mol. The maximum absolute atomic E-state index is 13.2. The molecule has 4 atom stereocenters. The Bertz CT molecular complexity index is 926. The molecule has 240 valence electrons.